The van der Waals surface area contributed by atoms with E-state index in [2.05, 4.69) is 10.2 Å². The summed E-state index contributed by atoms with van der Waals surface area (Å²) >= 11 is 0. The van der Waals surface area contributed by atoms with E-state index in [1.807, 2.05) is 0 Å². The minimum Gasteiger partial charge on any atom is -0.296 e. The van der Waals surface area contributed by atoms with Gasteiger partial charge >= 0.3 is 5.69 Å². The third-order valence-corrected chi connectivity index (χ3v) is 7.35. The van der Waals surface area contributed by atoms with Crippen LogP contribution < -0.4 is 11.2 Å². The molecule has 0 aliphatic heterocycles. The van der Waals surface area contributed by atoms with Gasteiger partial charge in [-0.25, -0.2) is 13.2 Å². The zero-order valence-corrected chi connectivity index (χ0v) is 16.8. The van der Waals surface area contributed by atoms with Crippen molar-refractivity contribution in [2.24, 2.45) is 19.5 Å². The zero-order chi connectivity index (χ0) is 21.0. The fraction of sp³-hybridized carbons (Fsp3) is 0.444. The highest BCUT2D eigenvalue weighted by Crippen LogP contribution is 2.47. The van der Waals surface area contributed by atoms with Crippen molar-refractivity contribution in [3.8, 4) is 0 Å². The van der Waals surface area contributed by atoms with Crippen LogP contribution in [-0.2, 0) is 30.5 Å². The van der Waals surface area contributed by atoms with Gasteiger partial charge in [-0.15, -0.1) is 0 Å². The first-order valence-electron chi connectivity index (χ1n) is 9.03. The molecule has 0 spiro atoms. The minimum absolute atomic E-state index is 0.0495. The highest BCUT2D eigenvalue weighted by molar-refractivity contribution is 7.91. The van der Waals surface area contributed by atoms with Gasteiger partial charge in [0.25, 0.3) is 5.56 Å². The van der Waals surface area contributed by atoms with Crippen LogP contribution in [0, 0.1) is 5.41 Å². The Kier molecular flexibility index (Phi) is 4.45. The van der Waals surface area contributed by atoms with E-state index in [4.69, 9.17) is 0 Å². The molecule has 11 heteroatoms. The van der Waals surface area contributed by atoms with Crippen LogP contribution in [0.4, 0.5) is 4.39 Å². The van der Waals surface area contributed by atoms with Gasteiger partial charge in [-0.05, 0) is 31.0 Å². The average molecular weight is 421 g/mol. The van der Waals surface area contributed by atoms with Crippen molar-refractivity contribution in [1.29, 1.82) is 0 Å². The molecule has 0 bridgehead atoms. The number of sulfone groups is 1. The van der Waals surface area contributed by atoms with Crippen LogP contribution in [0.3, 0.4) is 0 Å². The number of hydrogen-bond acceptors (Lipinski definition) is 6. The Labute approximate surface area is 165 Å². The largest absolute Gasteiger partial charge is 0.331 e. The van der Waals surface area contributed by atoms with Crippen molar-refractivity contribution < 1.29 is 12.8 Å². The summed E-state index contributed by atoms with van der Waals surface area (Å²) < 4.78 is 41.0. The first-order chi connectivity index (χ1) is 13.7. The molecule has 0 atom stereocenters. The van der Waals surface area contributed by atoms with Gasteiger partial charge in [0.2, 0.25) is 0 Å². The lowest BCUT2D eigenvalue weighted by Crippen LogP contribution is -2.39. The quantitative estimate of drug-likeness (QED) is 0.570. The maximum Gasteiger partial charge on any atom is 0.331 e. The predicted molar refractivity (Wildman–Crippen MR) is 103 cm³/mol. The normalized spacial score (nSPS) is 15.7. The third kappa shape index (κ3) is 3.39. The van der Waals surface area contributed by atoms with E-state index in [0.29, 0.717) is 24.1 Å². The minimum atomic E-state index is -3.77. The number of alkyl halides is 1. The SMILES string of the molecule is Cn1ncc(Cn2c(=O)c3cc(S(=O)(=O)CC4(CF)CC4)ccc3n(C)c2=O)n1. The number of benzene rings is 1. The molecule has 1 aromatic carbocycles. The van der Waals surface area contributed by atoms with Crippen LogP contribution in [0.2, 0.25) is 0 Å². The van der Waals surface area contributed by atoms with E-state index in [0.717, 1.165) is 4.57 Å². The summed E-state index contributed by atoms with van der Waals surface area (Å²) in [6, 6.07) is 4.07. The van der Waals surface area contributed by atoms with Crippen molar-refractivity contribution in [3.63, 3.8) is 0 Å². The molecule has 154 valence electrons. The number of aryl methyl sites for hydroxylation is 2. The van der Waals surface area contributed by atoms with Crippen LogP contribution in [0.15, 0.2) is 38.9 Å². The Bertz CT molecular complexity index is 1330. The van der Waals surface area contributed by atoms with E-state index in [-0.39, 0.29) is 22.6 Å². The van der Waals surface area contributed by atoms with Gasteiger partial charge in [0.1, 0.15) is 5.69 Å². The number of hydrogen-bond donors (Lipinski definition) is 0. The molecule has 2 aromatic heterocycles. The molecule has 4 rings (SSSR count). The zero-order valence-electron chi connectivity index (χ0n) is 16.0. The molecule has 1 saturated carbocycles. The standard InChI is InChI=1S/C18H20FN5O4S/c1-22-15-4-3-13(29(27,28)11-18(10-19)5-6-18)7-14(15)16(25)24(17(22)26)9-12-8-20-23(2)21-12/h3-4,7-8H,5-6,9-11H2,1-2H3. The topological polar surface area (TPSA) is 109 Å². The molecule has 1 aliphatic rings. The van der Waals surface area contributed by atoms with Crippen LogP contribution in [0.1, 0.15) is 18.5 Å². The molecule has 1 fully saturated rings. The summed E-state index contributed by atoms with van der Waals surface area (Å²) in [7, 11) is -0.644. The number of fused-ring (bicyclic) bond motifs is 1. The molecule has 0 radical (unpaired) electrons. The second-order valence-corrected chi connectivity index (χ2v) is 9.62. The van der Waals surface area contributed by atoms with Crippen LogP contribution in [-0.4, -0.2) is 45.0 Å². The predicted octanol–water partition coefficient (Wildman–Crippen LogP) is 0.400. The summed E-state index contributed by atoms with van der Waals surface area (Å²) in [6.45, 7) is -0.767. The summed E-state index contributed by atoms with van der Waals surface area (Å²) in [5.41, 5.74) is -1.21. The van der Waals surface area contributed by atoms with Gasteiger partial charge in [0.15, 0.2) is 9.84 Å². The van der Waals surface area contributed by atoms with Crippen molar-refractivity contribution in [2.75, 3.05) is 12.4 Å². The average Bonchev–Trinajstić information content (AvgIpc) is 3.33. The Morgan fingerprint density at radius 2 is 1.93 bits per heavy atom. The van der Waals surface area contributed by atoms with E-state index in [1.165, 1.54) is 40.8 Å². The first-order valence-corrected chi connectivity index (χ1v) is 10.7. The molecular formula is C18H20FN5O4S. The van der Waals surface area contributed by atoms with Crippen molar-refractivity contribution >= 4 is 20.7 Å². The number of nitrogens with zero attached hydrogens (tertiary/aromatic N) is 5. The monoisotopic (exact) mass is 421 g/mol. The lowest BCUT2D eigenvalue weighted by atomic mass is 10.2. The van der Waals surface area contributed by atoms with Crippen LogP contribution in [0.5, 0.6) is 0 Å². The van der Waals surface area contributed by atoms with E-state index < -0.39 is 33.2 Å². The highest BCUT2D eigenvalue weighted by atomic mass is 32.2. The number of rotatable bonds is 6. The molecule has 1 aliphatic carbocycles. The molecule has 0 N–H and O–H groups in total. The summed E-state index contributed by atoms with van der Waals surface area (Å²) in [5.74, 6) is -0.290. The summed E-state index contributed by atoms with van der Waals surface area (Å²) in [5, 5.41) is 8.10. The Morgan fingerprint density at radius 3 is 2.52 bits per heavy atom. The van der Waals surface area contributed by atoms with Gasteiger partial charge in [-0.3, -0.25) is 18.3 Å². The third-order valence-electron chi connectivity index (χ3n) is 5.39. The first kappa shape index (κ1) is 19.5. The Balaban J connectivity index is 1.83. The van der Waals surface area contributed by atoms with Gasteiger partial charge in [-0.1, -0.05) is 0 Å². The van der Waals surface area contributed by atoms with Crippen molar-refractivity contribution in [3.05, 3.63) is 50.9 Å². The Hall–Kier alpha value is -2.82. The van der Waals surface area contributed by atoms with Gasteiger partial charge < -0.3 is 0 Å². The molecule has 29 heavy (non-hydrogen) atoms. The fourth-order valence-corrected chi connectivity index (χ4v) is 5.34. The van der Waals surface area contributed by atoms with E-state index >= 15 is 0 Å². The van der Waals surface area contributed by atoms with Gasteiger partial charge in [0.05, 0.1) is 41.0 Å². The maximum absolute atomic E-state index is 13.2. The summed E-state index contributed by atoms with van der Waals surface area (Å²) in [4.78, 5) is 26.9. The molecular weight excluding hydrogens is 401 g/mol. The molecule has 2 heterocycles. The van der Waals surface area contributed by atoms with Crippen LogP contribution >= 0.6 is 0 Å². The molecule has 0 amide bonds. The van der Waals surface area contributed by atoms with Crippen molar-refractivity contribution in [1.82, 2.24) is 24.1 Å². The lowest BCUT2D eigenvalue weighted by molar-refractivity contribution is 0.367. The maximum atomic E-state index is 13.2. The molecule has 3 aromatic rings. The van der Waals surface area contributed by atoms with E-state index in [9.17, 15) is 22.4 Å². The molecule has 9 nitrogen and oxygen atoms in total. The summed E-state index contributed by atoms with van der Waals surface area (Å²) in [6.07, 6.45) is 2.52. The lowest BCUT2D eigenvalue weighted by Gasteiger charge is -2.13. The number of aromatic nitrogens is 5. The number of halogens is 1. The second kappa shape index (κ2) is 6.61. The smallest absolute Gasteiger partial charge is 0.296 e. The second-order valence-electron chi connectivity index (χ2n) is 7.63. The molecule has 0 unspecified atom stereocenters. The highest BCUT2D eigenvalue weighted by Gasteiger charge is 2.46. The Morgan fingerprint density at radius 1 is 1.21 bits per heavy atom. The van der Waals surface area contributed by atoms with E-state index in [1.54, 1.807) is 7.05 Å². The van der Waals surface area contributed by atoms with Gasteiger partial charge in [-0.2, -0.15) is 15.0 Å². The molecule has 0 saturated heterocycles. The fourth-order valence-electron chi connectivity index (χ4n) is 3.43. The van der Waals surface area contributed by atoms with Crippen molar-refractivity contribution in [2.45, 2.75) is 24.3 Å². The van der Waals surface area contributed by atoms with Gasteiger partial charge in [0, 0.05) is 19.5 Å². The van der Waals surface area contributed by atoms with Crippen LogP contribution in [0.25, 0.3) is 10.9 Å².